The van der Waals surface area contributed by atoms with Crippen molar-refractivity contribution in [1.29, 1.82) is 0 Å². The number of carbonyl (C=O) groups is 1. The number of rotatable bonds is 4. The molecule has 21 heavy (non-hydrogen) atoms. The van der Waals surface area contributed by atoms with Crippen molar-refractivity contribution in [2.45, 2.75) is 0 Å². The molecule has 0 fully saturated rings. The van der Waals surface area contributed by atoms with Gasteiger partial charge < -0.3 is 9.75 Å². The topological polar surface area (TPSA) is 41.9 Å². The number of carbonyl (C=O) groups excluding carboxylic acids is 1. The molecule has 0 aliphatic heterocycles. The third kappa shape index (κ3) is 4.16. The summed E-state index contributed by atoms with van der Waals surface area (Å²) in [4.78, 5) is 12.2. The number of hydrogen-bond donors (Lipinski definition) is 0. The molecule has 0 amide bonds. The Morgan fingerprint density at radius 2 is 1.81 bits per heavy atom. The summed E-state index contributed by atoms with van der Waals surface area (Å²) in [7, 11) is 3.65. The minimum absolute atomic E-state index is 0.409. The number of benzene rings is 2. The third-order valence-corrected chi connectivity index (χ3v) is 3.33. The van der Waals surface area contributed by atoms with Gasteiger partial charge in [0.2, 0.25) is 0 Å². The molecule has 4 nitrogen and oxygen atoms in total. The van der Waals surface area contributed by atoms with Crippen LogP contribution >= 0.6 is 15.9 Å². The van der Waals surface area contributed by atoms with Crippen LogP contribution in [0.1, 0.15) is 15.9 Å². The Labute approximate surface area is 132 Å². The lowest BCUT2D eigenvalue weighted by atomic mass is 10.2. The fraction of sp³-hybridized carbons (Fsp3) is 0.125. The molecule has 0 bridgehead atoms. The molecule has 0 aromatic heterocycles. The molecule has 0 radical (unpaired) electrons. The van der Waals surface area contributed by atoms with Crippen LogP contribution in [-0.4, -0.2) is 31.3 Å². The van der Waals surface area contributed by atoms with E-state index in [0.717, 1.165) is 5.56 Å². The fourth-order valence-electron chi connectivity index (χ4n) is 1.64. The van der Waals surface area contributed by atoms with Gasteiger partial charge in [0.25, 0.3) is 0 Å². The second kappa shape index (κ2) is 7.04. The van der Waals surface area contributed by atoms with Crippen LogP contribution in [0, 0.1) is 0 Å². The van der Waals surface area contributed by atoms with Crippen molar-refractivity contribution in [3.05, 3.63) is 64.1 Å². The van der Waals surface area contributed by atoms with Crippen molar-refractivity contribution < 1.29 is 9.53 Å². The average molecular weight is 347 g/mol. The van der Waals surface area contributed by atoms with Crippen molar-refractivity contribution in [3.8, 4) is 5.75 Å². The fourth-order valence-corrected chi connectivity index (χ4v) is 2.09. The molecule has 0 saturated carbocycles. The van der Waals surface area contributed by atoms with Crippen LogP contribution in [0.15, 0.2) is 58.1 Å². The van der Waals surface area contributed by atoms with Gasteiger partial charge in [-0.05, 0) is 40.2 Å². The summed E-state index contributed by atoms with van der Waals surface area (Å²) < 4.78 is 6.17. The second-order valence-corrected chi connectivity index (χ2v) is 5.35. The Hall–Kier alpha value is -2.14. The van der Waals surface area contributed by atoms with E-state index in [-0.39, 0.29) is 0 Å². The summed E-state index contributed by atoms with van der Waals surface area (Å²) in [6.07, 6.45) is 1.66. The number of hydrazone groups is 1. The molecule has 0 saturated heterocycles. The normalized spacial score (nSPS) is 10.6. The molecule has 0 aliphatic carbocycles. The third-order valence-electron chi connectivity index (χ3n) is 2.64. The Balaban J connectivity index is 2.24. The van der Waals surface area contributed by atoms with Crippen LogP contribution < -0.4 is 4.74 Å². The molecular weight excluding hydrogens is 332 g/mol. The SMILES string of the molecule is CN(C)N=Cc1ccccc1OC(=O)c1ccccc1Br. The van der Waals surface area contributed by atoms with Gasteiger partial charge in [-0.15, -0.1) is 0 Å². The number of halogens is 1. The van der Waals surface area contributed by atoms with Gasteiger partial charge >= 0.3 is 5.97 Å². The number of esters is 1. The number of hydrogen-bond acceptors (Lipinski definition) is 4. The van der Waals surface area contributed by atoms with Crippen molar-refractivity contribution in [3.63, 3.8) is 0 Å². The molecule has 0 spiro atoms. The first-order chi connectivity index (χ1) is 10.1. The summed E-state index contributed by atoms with van der Waals surface area (Å²) in [6.45, 7) is 0. The molecule has 5 heteroatoms. The van der Waals surface area contributed by atoms with E-state index in [1.807, 2.05) is 38.4 Å². The zero-order valence-corrected chi connectivity index (χ0v) is 13.4. The highest BCUT2D eigenvalue weighted by atomic mass is 79.9. The van der Waals surface area contributed by atoms with E-state index < -0.39 is 5.97 Å². The average Bonchev–Trinajstić information content (AvgIpc) is 2.46. The first-order valence-electron chi connectivity index (χ1n) is 6.35. The van der Waals surface area contributed by atoms with Gasteiger partial charge in [0.1, 0.15) is 5.75 Å². The minimum atomic E-state index is -0.409. The molecule has 0 aliphatic rings. The molecule has 2 rings (SSSR count). The Morgan fingerprint density at radius 3 is 2.52 bits per heavy atom. The van der Waals surface area contributed by atoms with Crippen LogP contribution in [0.3, 0.4) is 0 Å². The van der Waals surface area contributed by atoms with E-state index in [9.17, 15) is 4.79 Å². The van der Waals surface area contributed by atoms with Crippen LogP contribution in [0.25, 0.3) is 0 Å². The van der Waals surface area contributed by atoms with Crippen molar-refractivity contribution in [2.75, 3.05) is 14.1 Å². The zero-order chi connectivity index (χ0) is 15.2. The lowest BCUT2D eigenvalue weighted by Gasteiger charge is -2.09. The summed E-state index contributed by atoms with van der Waals surface area (Å²) >= 11 is 3.34. The van der Waals surface area contributed by atoms with Gasteiger partial charge in [0.05, 0.1) is 11.8 Å². The van der Waals surface area contributed by atoms with Crippen molar-refractivity contribution in [2.24, 2.45) is 5.10 Å². The summed E-state index contributed by atoms with van der Waals surface area (Å²) in [5.74, 6) is 0.0667. The highest BCUT2D eigenvalue weighted by Gasteiger charge is 2.13. The molecular formula is C16H15BrN2O2. The molecule has 2 aromatic rings. The summed E-state index contributed by atoms with van der Waals surface area (Å²) in [5, 5.41) is 5.83. The number of para-hydroxylation sites is 1. The molecule has 0 atom stereocenters. The lowest BCUT2D eigenvalue weighted by Crippen LogP contribution is -2.10. The van der Waals surface area contributed by atoms with E-state index in [1.54, 1.807) is 35.5 Å². The first-order valence-corrected chi connectivity index (χ1v) is 7.14. The van der Waals surface area contributed by atoms with E-state index in [0.29, 0.717) is 15.8 Å². The Morgan fingerprint density at radius 1 is 1.14 bits per heavy atom. The lowest BCUT2D eigenvalue weighted by molar-refractivity contribution is 0.0733. The van der Waals surface area contributed by atoms with Crippen LogP contribution in [-0.2, 0) is 0 Å². The predicted molar refractivity (Wildman–Crippen MR) is 86.8 cm³/mol. The summed E-state index contributed by atoms with van der Waals surface area (Å²) in [6, 6.07) is 14.4. The standard InChI is InChI=1S/C16H15BrN2O2/c1-19(2)18-11-12-7-3-6-10-15(12)21-16(20)13-8-4-5-9-14(13)17/h3-11H,1-2H3. The maximum Gasteiger partial charge on any atom is 0.344 e. The van der Waals surface area contributed by atoms with Gasteiger partial charge in [-0.3, -0.25) is 0 Å². The largest absolute Gasteiger partial charge is 0.422 e. The second-order valence-electron chi connectivity index (χ2n) is 4.50. The minimum Gasteiger partial charge on any atom is -0.422 e. The maximum absolute atomic E-state index is 12.2. The van der Waals surface area contributed by atoms with Gasteiger partial charge in [0.15, 0.2) is 0 Å². The van der Waals surface area contributed by atoms with Crippen LogP contribution in [0.5, 0.6) is 5.75 Å². The zero-order valence-electron chi connectivity index (χ0n) is 11.8. The summed E-state index contributed by atoms with van der Waals surface area (Å²) in [5.41, 5.74) is 1.23. The van der Waals surface area contributed by atoms with E-state index in [4.69, 9.17) is 4.74 Å². The van der Waals surface area contributed by atoms with Crippen molar-refractivity contribution >= 4 is 28.1 Å². The van der Waals surface area contributed by atoms with Crippen LogP contribution in [0.2, 0.25) is 0 Å². The molecule has 0 heterocycles. The molecule has 0 unspecified atom stereocenters. The highest BCUT2D eigenvalue weighted by Crippen LogP contribution is 2.21. The Bertz CT molecular complexity index is 669. The maximum atomic E-state index is 12.2. The molecule has 2 aromatic carbocycles. The quantitative estimate of drug-likeness (QED) is 0.368. The number of ether oxygens (including phenoxy) is 1. The first kappa shape index (κ1) is 15.3. The molecule has 0 N–H and O–H groups in total. The highest BCUT2D eigenvalue weighted by molar-refractivity contribution is 9.10. The smallest absolute Gasteiger partial charge is 0.344 e. The van der Waals surface area contributed by atoms with E-state index in [1.165, 1.54) is 0 Å². The van der Waals surface area contributed by atoms with Gasteiger partial charge in [-0.2, -0.15) is 5.10 Å². The van der Waals surface area contributed by atoms with E-state index >= 15 is 0 Å². The van der Waals surface area contributed by atoms with E-state index in [2.05, 4.69) is 21.0 Å². The Kier molecular flexibility index (Phi) is 5.11. The van der Waals surface area contributed by atoms with Crippen LogP contribution in [0.4, 0.5) is 0 Å². The van der Waals surface area contributed by atoms with Crippen molar-refractivity contribution in [1.82, 2.24) is 5.01 Å². The monoisotopic (exact) mass is 346 g/mol. The predicted octanol–water partition coefficient (Wildman–Crippen LogP) is 3.56. The molecule has 108 valence electrons. The van der Waals surface area contributed by atoms with Gasteiger partial charge in [0, 0.05) is 24.1 Å². The number of nitrogens with zero attached hydrogens (tertiary/aromatic N) is 2. The van der Waals surface area contributed by atoms with Gasteiger partial charge in [-0.25, -0.2) is 4.79 Å². The van der Waals surface area contributed by atoms with Gasteiger partial charge in [-0.1, -0.05) is 24.3 Å².